The van der Waals surface area contributed by atoms with Gasteiger partial charge in [-0.3, -0.25) is 4.79 Å². The summed E-state index contributed by atoms with van der Waals surface area (Å²) >= 11 is 0. The van der Waals surface area contributed by atoms with Crippen molar-refractivity contribution in [1.82, 2.24) is 0 Å². The number of aromatic hydroxyl groups is 1. The molecule has 0 fully saturated rings. The zero-order chi connectivity index (χ0) is 14.8. The predicted molar refractivity (Wildman–Crippen MR) is 78.0 cm³/mol. The number of phenolic OH excluding ortho intramolecular Hbond substituents is 1. The first-order chi connectivity index (χ1) is 10.2. The molecule has 0 spiro atoms. The number of anilines is 1. The van der Waals surface area contributed by atoms with E-state index in [-0.39, 0.29) is 18.4 Å². The van der Waals surface area contributed by atoms with Gasteiger partial charge < -0.3 is 19.5 Å². The summed E-state index contributed by atoms with van der Waals surface area (Å²) in [5.74, 6) is 1.20. The van der Waals surface area contributed by atoms with Crippen LogP contribution in [-0.4, -0.2) is 24.4 Å². The lowest BCUT2D eigenvalue weighted by Crippen LogP contribution is -2.30. The van der Waals surface area contributed by atoms with Crippen LogP contribution in [0.1, 0.15) is 17.3 Å². The molecule has 0 aromatic heterocycles. The van der Waals surface area contributed by atoms with Gasteiger partial charge in [-0.15, -0.1) is 0 Å². The molecule has 2 aromatic carbocycles. The van der Waals surface area contributed by atoms with Gasteiger partial charge in [-0.2, -0.15) is 0 Å². The van der Waals surface area contributed by atoms with Crippen LogP contribution in [0.4, 0.5) is 5.69 Å². The standard InChI is InChI=1S/C16H15NO4/c1-2-17(12-4-3-5-13(18)9-12)16(19)11-6-7-14-15(8-11)21-10-20-14/h3-9,18H,2,10H2,1H3. The predicted octanol–water partition coefficient (Wildman–Crippen LogP) is 2.79. The molecule has 5 heteroatoms. The number of fused-ring (bicyclic) bond motifs is 1. The minimum atomic E-state index is -0.151. The number of rotatable bonds is 3. The summed E-state index contributed by atoms with van der Waals surface area (Å²) in [4.78, 5) is 14.2. The molecule has 0 saturated carbocycles. The average molecular weight is 285 g/mol. The molecular weight excluding hydrogens is 270 g/mol. The SMILES string of the molecule is CCN(C(=O)c1ccc2c(c1)OCO2)c1cccc(O)c1. The highest BCUT2D eigenvalue weighted by Crippen LogP contribution is 2.33. The summed E-state index contributed by atoms with van der Waals surface area (Å²) < 4.78 is 10.5. The van der Waals surface area contributed by atoms with Crippen molar-refractivity contribution in [3.63, 3.8) is 0 Å². The van der Waals surface area contributed by atoms with E-state index < -0.39 is 0 Å². The first kappa shape index (κ1) is 13.3. The van der Waals surface area contributed by atoms with E-state index in [9.17, 15) is 9.90 Å². The number of amides is 1. The zero-order valence-corrected chi connectivity index (χ0v) is 11.6. The monoisotopic (exact) mass is 285 g/mol. The molecule has 3 rings (SSSR count). The highest BCUT2D eigenvalue weighted by Gasteiger charge is 2.20. The van der Waals surface area contributed by atoms with E-state index in [4.69, 9.17) is 9.47 Å². The zero-order valence-electron chi connectivity index (χ0n) is 11.6. The van der Waals surface area contributed by atoms with E-state index in [1.807, 2.05) is 6.92 Å². The summed E-state index contributed by atoms with van der Waals surface area (Å²) in [6, 6.07) is 11.7. The molecule has 108 valence electrons. The highest BCUT2D eigenvalue weighted by molar-refractivity contribution is 6.06. The second-order valence-corrected chi connectivity index (χ2v) is 4.64. The van der Waals surface area contributed by atoms with Crippen LogP contribution < -0.4 is 14.4 Å². The highest BCUT2D eigenvalue weighted by atomic mass is 16.7. The van der Waals surface area contributed by atoms with E-state index in [2.05, 4.69) is 0 Å². The number of phenols is 1. The van der Waals surface area contributed by atoms with Crippen LogP contribution in [0.15, 0.2) is 42.5 Å². The Labute approximate surface area is 122 Å². The van der Waals surface area contributed by atoms with Crippen molar-refractivity contribution in [1.29, 1.82) is 0 Å². The van der Waals surface area contributed by atoms with Crippen LogP contribution in [0.25, 0.3) is 0 Å². The Morgan fingerprint density at radius 1 is 1.19 bits per heavy atom. The molecule has 2 aromatic rings. The average Bonchev–Trinajstić information content (AvgIpc) is 2.95. The van der Waals surface area contributed by atoms with E-state index in [0.717, 1.165) is 0 Å². The summed E-state index contributed by atoms with van der Waals surface area (Å²) in [6.07, 6.45) is 0. The Balaban J connectivity index is 1.92. The molecule has 0 unspecified atom stereocenters. The molecule has 1 amide bonds. The Morgan fingerprint density at radius 3 is 2.76 bits per heavy atom. The van der Waals surface area contributed by atoms with Crippen molar-refractivity contribution in [2.45, 2.75) is 6.92 Å². The first-order valence-electron chi connectivity index (χ1n) is 6.69. The van der Waals surface area contributed by atoms with Gasteiger partial charge in [0.2, 0.25) is 6.79 Å². The normalized spacial score (nSPS) is 12.2. The number of ether oxygens (including phenoxy) is 2. The maximum Gasteiger partial charge on any atom is 0.258 e. The number of hydrogen-bond acceptors (Lipinski definition) is 4. The van der Waals surface area contributed by atoms with Crippen molar-refractivity contribution < 1.29 is 19.4 Å². The van der Waals surface area contributed by atoms with Gasteiger partial charge in [-0.25, -0.2) is 0 Å². The third kappa shape index (κ3) is 2.50. The molecule has 0 atom stereocenters. The number of benzene rings is 2. The quantitative estimate of drug-likeness (QED) is 0.942. The van der Waals surface area contributed by atoms with Crippen LogP contribution in [0, 0.1) is 0 Å². The number of carbonyl (C=O) groups excluding carboxylic acids is 1. The van der Waals surface area contributed by atoms with E-state index in [0.29, 0.717) is 29.3 Å². The molecule has 0 saturated heterocycles. The topological polar surface area (TPSA) is 59.0 Å². The van der Waals surface area contributed by atoms with Crippen LogP contribution in [0.5, 0.6) is 17.2 Å². The van der Waals surface area contributed by atoms with Gasteiger partial charge in [-0.1, -0.05) is 6.07 Å². The molecule has 0 aliphatic carbocycles. The molecule has 0 radical (unpaired) electrons. The summed E-state index contributed by atoms with van der Waals surface area (Å²) in [6.45, 7) is 2.56. The van der Waals surface area contributed by atoms with Crippen molar-refractivity contribution in [3.8, 4) is 17.2 Å². The second kappa shape index (κ2) is 5.36. The van der Waals surface area contributed by atoms with Crippen LogP contribution >= 0.6 is 0 Å². The molecule has 1 N–H and O–H groups in total. The fraction of sp³-hybridized carbons (Fsp3) is 0.188. The van der Waals surface area contributed by atoms with Gasteiger partial charge >= 0.3 is 0 Å². The molecule has 5 nitrogen and oxygen atoms in total. The lowest BCUT2D eigenvalue weighted by atomic mass is 10.1. The number of carbonyl (C=O) groups is 1. The first-order valence-corrected chi connectivity index (χ1v) is 6.69. The number of nitrogens with zero attached hydrogens (tertiary/aromatic N) is 1. The Kier molecular flexibility index (Phi) is 3.39. The van der Waals surface area contributed by atoms with E-state index in [1.165, 1.54) is 0 Å². The minimum Gasteiger partial charge on any atom is -0.508 e. The molecule has 1 aliphatic rings. The largest absolute Gasteiger partial charge is 0.508 e. The van der Waals surface area contributed by atoms with E-state index in [1.54, 1.807) is 47.4 Å². The lowest BCUT2D eigenvalue weighted by molar-refractivity contribution is 0.0988. The van der Waals surface area contributed by atoms with Crippen LogP contribution in [-0.2, 0) is 0 Å². The summed E-state index contributed by atoms with van der Waals surface area (Å²) in [5, 5.41) is 9.56. The van der Waals surface area contributed by atoms with Crippen molar-refractivity contribution in [2.75, 3.05) is 18.2 Å². The molecular formula is C16H15NO4. The van der Waals surface area contributed by atoms with Gasteiger partial charge in [-0.05, 0) is 37.3 Å². The lowest BCUT2D eigenvalue weighted by Gasteiger charge is -2.21. The van der Waals surface area contributed by atoms with Gasteiger partial charge in [0.25, 0.3) is 5.91 Å². The molecule has 1 aliphatic heterocycles. The molecule has 0 bridgehead atoms. The fourth-order valence-corrected chi connectivity index (χ4v) is 2.29. The Hall–Kier alpha value is -2.69. The number of hydrogen-bond donors (Lipinski definition) is 1. The van der Waals surface area contributed by atoms with Crippen molar-refractivity contribution >= 4 is 11.6 Å². The van der Waals surface area contributed by atoms with Crippen LogP contribution in [0.2, 0.25) is 0 Å². The third-order valence-corrected chi connectivity index (χ3v) is 3.32. The molecule has 21 heavy (non-hydrogen) atoms. The Morgan fingerprint density at radius 2 is 2.00 bits per heavy atom. The van der Waals surface area contributed by atoms with E-state index >= 15 is 0 Å². The van der Waals surface area contributed by atoms with Crippen molar-refractivity contribution in [3.05, 3.63) is 48.0 Å². The van der Waals surface area contributed by atoms with Crippen molar-refractivity contribution in [2.24, 2.45) is 0 Å². The minimum absolute atomic E-state index is 0.129. The van der Waals surface area contributed by atoms with Gasteiger partial charge in [0, 0.05) is 23.9 Å². The van der Waals surface area contributed by atoms with Gasteiger partial charge in [0.1, 0.15) is 5.75 Å². The molecule has 1 heterocycles. The maximum atomic E-state index is 12.6. The fourth-order valence-electron chi connectivity index (χ4n) is 2.29. The van der Waals surface area contributed by atoms with Gasteiger partial charge in [0.05, 0.1) is 0 Å². The van der Waals surface area contributed by atoms with Crippen LogP contribution in [0.3, 0.4) is 0 Å². The summed E-state index contributed by atoms with van der Waals surface area (Å²) in [5.41, 5.74) is 1.17. The van der Waals surface area contributed by atoms with Gasteiger partial charge in [0.15, 0.2) is 11.5 Å². The Bertz CT molecular complexity index is 684. The summed E-state index contributed by atoms with van der Waals surface area (Å²) in [7, 11) is 0. The second-order valence-electron chi connectivity index (χ2n) is 4.64. The smallest absolute Gasteiger partial charge is 0.258 e. The third-order valence-electron chi connectivity index (χ3n) is 3.32. The maximum absolute atomic E-state index is 12.6.